The minimum absolute atomic E-state index is 0.0420. The quantitative estimate of drug-likeness (QED) is 0.497. The van der Waals surface area contributed by atoms with Gasteiger partial charge in [0.2, 0.25) is 0 Å². The standard InChI is InChI=1S/C11H17N3O2S/c1-8(7-17-3)13(2)9-4-5-11(14(15)16)10(12)6-9/h4-6,8H,7,12H2,1-3H3. The molecule has 94 valence electrons. The summed E-state index contributed by atoms with van der Waals surface area (Å²) in [6, 6.07) is 5.18. The topological polar surface area (TPSA) is 72.4 Å². The molecule has 0 aliphatic heterocycles. The number of benzene rings is 1. The maximum atomic E-state index is 10.6. The van der Waals surface area contributed by atoms with Gasteiger partial charge in [0.15, 0.2) is 0 Å². The smallest absolute Gasteiger partial charge is 0.292 e. The van der Waals surface area contributed by atoms with Crippen LogP contribution < -0.4 is 10.6 Å². The van der Waals surface area contributed by atoms with E-state index in [-0.39, 0.29) is 11.4 Å². The molecule has 2 N–H and O–H groups in total. The van der Waals surface area contributed by atoms with E-state index in [9.17, 15) is 10.1 Å². The molecule has 0 aliphatic carbocycles. The van der Waals surface area contributed by atoms with Crippen molar-refractivity contribution in [3.8, 4) is 0 Å². The highest BCUT2D eigenvalue weighted by molar-refractivity contribution is 7.98. The van der Waals surface area contributed by atoms with Crippen molar-refractivity contribution in [3.05, 3.63) is 28.3 Å². The van der Waals surface area contributed by atoms with Crippen molar-refractivity contribution in [2.24, 2.45) is 0 Å². The van der Waals surface area contributed by atoms with Gasteiger partial charge in [-0.05, 0) is 25.3 Å². The van der Waals surface area contributed by atoms with E-state index < -0.39 is 4.92 Å². The van der Waals surface area contributed by atoms with E-state index in [1.54, 1.807) is 23.9 Å². The second-order valence-electron chi connectivity index (χ2n) is 3.92. The first-order valence-electron chi connectivity index (χ1n) is 5.23. The Balaban J connectivity index is 2.93. The number of rotatable bonds is 5. The lowest BCUT2D eigenvalue weighted by atomic mass is 10.2. The molecular formula is C11H17N3O2S. The summed E-state index contributed by atoms with van der Waals surface area (Å²) < 4.78 is 0. The molecule has 0 radical (unpaired) electrons. The SMILES string of the molecule is CSCC(C)N(C)c1ccc([N+](=O)[O-])c(N)c1. The van der Waals surface area contributed by atoms with Gasteiger partial charge in [-0.2, -0.15) is 11.8 Å². The Morgan fingerprint density at radius 1 is 1.59 bits per heavy atom. The summed E-state index contributed by atoms with van der Waals surface area (Å²) in [5.74, 6) is 0.993. The Morgan fingerprint density at radius 3 is 2.71 bits per heavy atom. The van der Waals surface area contributed by atoms with E-state index in [1.807, 2.05) is 7.05 Å². The average molecular weight is 255 g/mol. The van der Waals surface area contributed by atoms with Gasteiger partial charge in [-0.15, -0.1) is 0 Å². The number of hydrogen-bond donors (Lipinski definition) is 1. The first-order chi connectivity index (χ1) is 7.97. The van der Waals surface area contributed by atoms with Crippen LogP contribution in [0.2, 0.25) is 0 Å². The number of anilines is 2. The van der Waals surface area contributed by atoms with Crippen molar-refractivity contribution in [1.82, 2.24) is 0 Å². The van der Waals surface area contributed by atoms with Crippen molar-refractivity contribution >= 4 is 28.8 Å². The summed E-state index contributed by atoms with van der Waals surface area (Å²) >= 11 is 1.76. The fraction of sp³-hybridized carbons (Fsp3) is 0.455. The first kappa shape index (κ1) is 13.6. The molecule has 1 unspecified atom stereocenters. The van der Waals surface area contributed by atoms with Gasteiger partial charge >= 0.3 is 0 Å². The summed E-state index contributed by atoms with van der Waals surface area (Å²) in [4.78, 5) is 12.2. The van der Waals surface area contributed by atoms with Gasteiger partial charge in [0.1, 0.15) is 5.69 Å². The van der Waals surface area contributed by atoms with Gasteiger partial charge in [-0.1, -0.05) is 0 Å². The molecular weight excluding hydrogens is 238 g/mol. The molecule has 0 heterocycles. The third-order valence-corrected chi connectivity index (χ3v) is 3.50. The summed E-state index contributed by atoms with van der Waals surface area (Å²) in [6.45, 7) is 2.11. The van der Waals surface area contributed by atoms with Crippen molar-refractivity contribution in [2.75, 3.05) is 29.7 Å². The highest BCUT2D eigenvalue weighted by Crippen LogP contribution is 2.27. The Bertz CT molecular complexity index is 412. The zero-order valence-electron chi connectivity index (χ0n) is 10.2. The van der Waals surface area contributed by atoms with Crippen LogP contribution in [0.1, 0.15) is 6.92 Å². The monoisotopic (exact) mass is 255 g/mol. The normalized spacial score (nSPS) is 12.2. The van der Waals surface area contributed by atoms with E-state index in [0.717, 1.165) is 11.4 Å². The molecule has 1 aromatic rings. The van der Waals surface area contributed by atoms with E-state index in [0.29, 0.717) is 6.04 Å². The van der Waals surface area contributed by atoms with Crippen LogP contribution in [0.15, 0.2) is 18.2 Å². The van der Waals surface area contributed by atoms with Crippen LogP contribution in [-0.2, 0) is 0 Å². The Labute approximate surface area is 105 Å². The number of nitro benzene ring substituents is 1. The second-order valence-corrected chi connectivity index (χ2v) is 4.83. The molecule has 0 saturated carbocycles. The molecule has 6 heteroatoms. The lowest BCUT2D eigenvalue weighted by Crippen LogP contribution is -2.30. The van der Waals surface area contributed by atoms with E-state index >= 15 is 0 Å². The number of nitro groups is 1. The zero-order valence-corrected chi connectivity index (χ0v) is 11.0. The maximum Gasteiger partial charge on any atom is 0.292 e. The minimum atomic E-state index is -0.468. The predicted molar refractivity (Wildman–Crippen MR) is 73.8 cm³/mol. The number of nitrogens with two attached hydrogens (primary N) is 1. The van der Waals surface area contributed by atoms with Gasteiger partial charge < -0.3 is 10.6 Å². The predicted octanol–water partition coefficient (Wildman–Crippen LogP) is 2.36. The molecule has 1 rings (SSSR count). The molecule has 0 spiro atoms. The van der Waals surface area contributed by atoms with Crippen LogP contribution in [0.25, 0.3) is 0 Å². The molecule has 0 amide bonds. The summed E-state index contributed by atoms with van der Waals surface area (Å²) in [5.41, 5.74) is 6.72. The maximum absolute atomic E-state index is 10.6. The summed E-state index contributed by atoms with van der Waals surface area (Å²) in [5, 5.41) is 10.6. The molecule has 1 aromatic carbocycles. The van der Waals surface area contributed by atoms with E-state index in [1.165, 1.54) is 6.07 Å². The number of nitrogens with zero attached hydrogens (tertiary/aromatic N) is 2. The summed E-state index contributed by atoms with van der Waals surface area (Å²) in [6.07, 6.45) is 2.05. The molecule has 0 aliphatic rings. The molecule has 0 aromatic heterocycles. The van der Waals surface area contributed by atoms with Gasteiger partial charge in [0, 0.05) is 30.6 Å². The number of nitrogen functional groups attached to an aromatic ring is 1. The molecule has 0 saturated heterocycles. The third-order valence-electron chi connectivity index (χ3n) is 2.68. The zero-order chi connectivity index (χ0) is 13.0. The van der Waals surface area contributed by atoms with Crippen molar-refractivity contribution in [3.63, 3.8) is 0 Å². The first-order valence-corrected chi connectivity index (χ1v) is 6.62. The molecule has 17 heavy (non-hydrogen) atoms. The lowest BCUT2D eigenvalue weighted by Gasteiger charge is -2.26. The third kappa shape index (κ3) is 3.26. The molecule has 0 bridgehead atoms. The molecule has 5 nitrogen and oxygen atoms in total. The number of hydrogen-bond acceptors (Lipinski definition) is 5. The van der Waals surface area contributed by atoms with Gasteiger partial charge in [-0.3, -0.25) is 10.1 Å². The Hall–Kier alpha value is -1.43. The van der Waals surface area contributed by atoms with Crippen molar-refractivity contribution in [1.29, 1.82) is 0 Å². The fourth-order valence-corrected chi connectivity index (χ4v) is 2.24. The number of thioether (sulfide) groups is 1. The molecule has 1 atom stereocenters. The lowest BCUT2D eigenvalue weighted by molar-refractivity contribution is -0.383. The van der Waals surface area contributed by atoms with E-state index in [4.69, 9.17) is 5.73 Å². The van der Waals surface area contributed by atoms with Gasteiger partial charge in [0.25, 0.3) is 5.69 Å². The van der Waals surface area contributed by atoms with Crippen LogP contribution in [0, 0.1) is 10.1 Å². The van der Waals surface area contributed by atoms with Crippen LogP contribution in [0.5, 0.6) is 0 Å². The fourth-order valence-electron chi connectivity index (χ4n) is 1.54. The highest BCUT2D eigenvalue weighted by atomic mass is 32.2. The summed E-state index contributed by atoms with van der Waals surface area (Å²) in [7, 11) is 1.96. The van der Waals surface area contributed by atoms with E-state index in [2.05, 4.69) is 18.1 Å². The van der Waals surface area contributed by atoms with Gasteiger partial charge in [0.05, 0.1) is 4.92 Å². The minimum Gasteiger partial charge on any atom is -0.393 e. The largest absolute Gasteiger partial charge is 0.393 e. The van der Waals surface area contributed by atoms with Crippen LogP contribution in [0.4, 0.5) is 17.1 Å². The Kier molecular flexibility index (Phi) is 4.62. The van der Waals surface area contributed by atoms with Crippen LogP contribution in [-0.4, -0.2) is 30.0 Å². The van der Waals surface area contributed by atoms with Crippen molar-refractivity contribution < 1.29 is 4.92 Å². The second kappa shape index (κ2) is 5.77. The van der Waals surface area contributed by atoms with Crippen LogP contribution >= 0.6 is 11.8 Å². The van der Waals surface area contributed by atoms with Crippen LogP contribution in [0.3, 0.4) is 0 Å². The van der Waals surface area contributed by atoms with Gasteiger partial charge in [-0.25, -0.2) is 0 Å². The van der Waals surface area contributed by atoms with Crippen molar-refractivity contribution in [2.45, 2.75) is 13.0 Å². The molecule has 0 fully saturated rings. The highest BCUT2D eigenvalue weighted by Gasteiger charge is 2.15. The average Bonchev–Trinajstić information content (AvgIpc) is 2.27. The Morgan fingerprint density at radius 2 is 2.24 bits per heavy atom.